The van der Waals surface area contributed by atoms with Crippen LogP contribution < -0.4 is 5.73 Å². The van der Waals surface area contributed by atoms with Crippen molar-refractivity contribution in [1.29, 1.82) is 0 Å². The van der Waals surface area contributed by atoms with Gasteiger partial charge >= 0.3 is 0 Å². The molecule has 0 saturated heterocycles. The average molecular weight is 219 g/mol. The Morgan fingerprint density at radius 1 is 0.933 bits per heavy atom. The Balaban J connectivity index is 2.92. The number of rotatable bonds is 11. The van der Waals surface area contributed by atoms with Crippen molar-refractivity contribution in [1.82, 2.24) is 0 Å². The van der Waals surface area contributed by atoms with Gasteiger partial charge < -0.3 is 19.9 Å². The van der Waals surface area contributed by atoms with Gasteiger partial charge in [-0.15, -0.1) is 0 Å². The minimum Gasteiger partial charge on any atom is -0.379 e. The molecule has 0 aromatic rings. The van der Waals surface area contributed by atoms with E-state index in [1.54, 1.807) is 0 Å². The molecule has 0 aromatic heterocycles. The molecular weight excluding hydrogens is 194 g/mol. The number of nitrogens with two attached hydrogens (primary N) is 1. The van der Waals surface area contributed by atoms with Crippen LogP contribution in [0.5, 0.6) is 0 Å². The molecule has 0 fully saturated rings. The lowest BCUT2D eigenvalue weighted by atomic mass is 10.1. The van der Waals surface area contributed by atoms with Gasteiger partial charge in [-0.2, -0.15) is 0 Å². The van der Waals surface area contributed by atoms with E-state index in [1.807, 2.05) is 0 Å². The van der Waals surface area contributed by atoms with Gasteiger partial charge in [-0.1, -0.05) is 20.3 Å². The average Bonchev–Trinajstić information content (AvgIpc) is 2.26. The first kappa shape index (κ1) is 14.8. The van der Waals surface area contributed by atoms with E-state index >= 15 is 0 Å². The lowest BCUT2D eigenvalue weighted by Crippen LogP contribution is -2.14. The molecule has 0 spiro atoms. The quantitative estimate of drug-likeness (QED) is 0.528. The van der Waals surface area contributed by atoms with E-state index < -0.39 is 0 Å². The second-order valence-corrected chi connectivity index (χ2v) is 3.60. The number of hydrogen-bond donors (Lipinski definition) is 1. The summed E-state index contributed by atoms with van der Waals surface area (Å²) >= 11 is 0. The fourth-order valence-electron chi connectivity index (χ4n) is 0.926. The molecule has 0 aliphatic carbocycles. The molecular formula is C11H25NO3. The van der Waals surface area contributed by atoms with Gasteiger partial charge in [-0.3, -0.25) is 0 Å². The Morgan fingerprint density at radius 2 is 1.47 bits per heavy atom. The van der Waals surface area contributed by atoms with Crippen LogP contribution in [0.25, 0.3) is 0 Å². The van der Waals surface area contributed by atoms with Gasteiger partial charge in [0.25, 0.3) is 0 Å². The Bertz CT molecular complexity index is 122. The highest BCUT2D eigenvalue weighted by molar-refractivity contribution is 4.45. The van der Waals surface area contributed by atoms with Crippen molar-refractivity contribution < 1.29 is 14.2 Å². The summed E-state index contributed by atoms with van der Waals surface area (Å²) in [6, 6.07) is 0. The van der Waals surface area contributed by atoms with Crippen LogP contribution in [0.2, 0.25) is 0 Å². The van der Waals surface area contributed by atoms with E-state index in [0.29, 0.717) is 45.5 Å². The minimum atomic E-state index is 0.567. The predicted octanol–water partition coefficient (Wildman–Crippen LogP) is 1.04. The van der Waals surface area contributed by atoms with Crippen LogP contribution in [-0.4, -0.2) is 46.2 Å². The first-order chi connectivity index (χ1) is 7.31. The maximum Gasteiger partial charge on any atom is 0.0701 e. The summed E-state index contributed by atoms with van der Waals surface area (Å²) in [5.41, 5.74) is 5.26. The minimum absolute atomic E-state index is 0.567. The normalized spacial score (nSPS) is 13.0. The van der Waals surface area contributed by atoms with Crippen molar-refractivity contribution in [2.75, 3.05) is 46.2 Å². The summed E-state index contributed by atoms with van der Waals surface area (Å²) in [5, 5.41) is 0. The fourth-order valence-corrected chi connectivity index (χ4v) is 0.926. The third-order valence-corrected chi connectivity index (χ3v) is 2.11. The van der Waals surface area contributed by atoms with Crippen molar-refractivity contribution in [3.05, 3.63) is 0 Å². The molecule has 4 nitrogen and oxygen atoms in total. The molecule has 2 N–H and O–H groups in total. The molecule has 0 aliphatic rings. The van der Waals surface area contributed by atoms with Crippen molar-refractivity contribution in [3.63, 3.8) is 0 Å². The van der Waals surface area contributed by atoms with E-state index in [-0.39, 0.29) is 0 Å². The molecule has 0 bridgehead atoms. The van der Waals surface area contributed by atoms with Gasteiger partial charge in [0.2, 0.25) is 0 Å². The first-order valence-electron chi connectivity index (χ1n) is 5.74. The highest BCUT2D eigenvalue weighted by Gasteiger charge is 1.97. The monoisotopic (exact) mass is 219 g/mol. The van der Waals surface area contributed by atoms with Crippen LogP contribution in [0.3, 0.4) is 0 Å². The van der Waals surface area contributed by atoms with Crippen LogP contribution in [0.4, 0.5) is 0 Å². The van der Waals surface area contributed by atoms with Gasteiger partial charge in [0.05, 0.1) is 33.0 Å². The molecule has 0 saturated carbocycles. The molecule has 0 rings (SSSR count). The topological polar surface area (TPSA) is 53.7 Å². The lowest BCUT2D eigenvalue weighted by molar-refractivity contribution is 0.00946. The van der Waals surface area contributed by atoms with Gasteiger partial charge in [0, 0.05) is 13.2 Å². The number of hydrogen-bond acceptors (Lipinski definition) is 4. The standard InChI is InChI=1S/C11H25NO3/c1-3-11(2)10-15-9-8-14-7-6-13-5-4-12/h11H,3-10,12H2,1-2H3. The Labute approximate surface area is 93.1 Å². The van der Waals surface area contributed by atoms with Crippen molar-refractivity contribution in [2.24, 2.45) is 11.7 Å². The van der Waals surface area contributed by atoms with Crippen molar-refractivity contribution >= 4 is 0 Å². The van der Waals surface area contributed by atoms with E-state index in [4.69, 9.17) is 19.9 Å². The molecule has 1 atom stereocenters. The van der Waals surface area contributed by atoms with E-state index in [0.717, 1.165) is 13.0 Å². The maximum absolute atomic E-state index is 5.43. The highest BCUT2D eigenvalue weighted by Crippen LogP contribution is 1.99. The summed E-state index contributed by atoms with van der Waals surface area (Å²) in [6.07, 6.45) is 1.16. The number of ether oxygens (including phenoxy) is 3. The zero-order valence-electron chi connectivity index (χ0n) is 10.0. The zero-order chi connectivity index (χ0) is 11.4. The second-order valence-electron chi connectivity index (χ2n) is 3.60. The van der Waals surface area contributed by atoms with Gasteiger partial charge in [-0.05, 0) is 5.92 Å². The van der Waals surface area contributed by atoms with Crippen molar-refractivity contribution in [2.45, 2.75) is 20.3 Å². The van der Waals surface area contributed by atoms with Gasteiger partial charge in [0.15, 0.2) is 0 Å². The van der Waals surface area contributed by atoms with Crippen LogP contribution in [0.15, 0.2) is 0 Å². The molecule has 1 unspecified atom stereocenters. The van der Waals surface area contributed by atoms with E-state index in [1.165, 1.54) is 0 Å². The van der Waals surface area contributed by atoms with Gasteiger partial charge in [0.1, 0.15) is 0 Å². The Kier molecular flexibility index (Phi) is 11.8. The molecule has 0 amide bonds. The van der Waals surface area contributed by atoms with Crippen LogP contribution in [-0.2, 0) is 14.2 Å². The Hall–Kier alpha value is -0.160. The summed E-state index contributed by atoms with van der Waals surface area (Å²) in [6.45, 7) is 8.88. The third kappa shape index (κ3) is 11.8. The third-order valence-electron chi connectivity index (χ3n) is 2.11. The van der Waals surface area contributed by atoms with Gasteiger partial charge in [-0.25, -0.2) is 0 Å². The summed E-state index contributed by atoms with van der Waals surface area (Å²) in [4.78, 5) is 0. The summed E-state index contributed by atoms with van der Waals surface area (Å²) in [5.74, 6) is 0.637. The molecule has 0 aromatic carbocycles. The second kappa shape index (κ2) is 11.9. The molecule has 0 heterocycles. The molecule has 15 heavy (non-hydrogen) atoms. The summed E-state index contributed by atoms with van der Waals surface area (Å²) in [7, 11) is 0. The largest absolute Gasteiger partial charge is 0.379 e. The van der Waals surface area contributed by atoms with Crippen LogP contribution in [0, 0.1) is 5.92 Å². The fraction of sp³-hybridized carbons (Fsp3) is 1.00. The molecule has 0 radical (unpaired) electrons. The van der Waals surface area contributed by atoms with E-state index in [2.05, 4.69) is 13.8 Å². The molecule has 92 valence electrons. The predicted molar refractivity (Wildman–Crippen MR) is 61.0 cm³/mol. The highest BCUT2D eigenvalue weighted by atomic mass is 16.5. The van der Waals surface area contributed by atoms with E-state index in [9.17, 15) is 0 Å². The lowest BCUT2D eigenvalue weighted by Gasteiger charge is -2.09. The maximum atomic E-state index is 5.43. The molecule has 0 aliphatic heterocycles. The SMILES string of the molecule is CCC(C)COCCOCCOCCN. The zero-order valence-corrected chi connectivity index (χ0v) is 10.0. The first-order valence-corrected chi connectivity index (χ1v) is 5.74. The van der Waals surface area contributed by atoms with Crippen molar-refractivity contribution in [3.8, 4) is 0 Å². The smallest absolute Gasteiger partial charge is 0.0701 e. The Morgan fingerprint density at radius 3 is 2.00 bits per heavy atom. The molecule has 4 heteroatoms. The summed E-state index contributed by atoms with van der Waals surface area (Å²) < 4.78 is 15.9. The van der Waals surface area contributed by atoms with Crippen LogP contribution in [0.1, 0.15) is 20.3 Å². The van der Waals surface area contributed by atoms with Crippen LogP contribution >= 0.6 is 0 Å².